The number of ether oxygens (including phenoxy) is 1. The first kappa shape index (κ1) is 22.8. The number of benzene rings is 3. The van der Waals surface area contributed by atoms with Crippen molar-refractivity contribution in [3.8, 4) is 17.0 Å². The molecule has 1 saturated heterocycles. The Morgan fingerprint density at radius 3 is 2.49 bits per heavy atom. The minimum atomic E-state index is 0.0622. The van der Waals surface area contributed by atoms with E-state index in [1.165, 1.54) is 5.56 Å². The van der Waals surface area contributed by atoms with Crippen LogP contribution >= 0.6 is 0 Å². The highest BCUT2D eigenvalue weighted by atomic mass is 16.5. The van der Waals surface area contributed by atoms with Crippen LogP contribution in [0.25, 0.3) is 28.2 Å². The minimum Gasteiger partial charge on any atom is -0.497 e. The van der Waals surface area contributed by atoms with Gasteiger partial charge in [0.2, 0.25) is 0 Å². The maximum absolute atomic E-state index is 13.7. The molecule has 0 radical (unpaired) electrons. The van der Waals surface area contributed by atoms with Crippen molar-refractivity contribution in [2.75, 3.05) is 39.8 Å². The van der Waals surface area contributed by atoms with Gasteiger partial charge < -0.3 is 9.64 Å². The predicted octanol–water partition coefficient (Wildman–Crippen LogP) is 5.38. The molecule has 0 atom stereocenters. The predicted molar refractivity (Wildman–Crippen MR) is 142 cm³/mol. The lowest BCUT2D eigenvalue weighted by Crippen LogP contribution is -2.48. The number of piperazine rings is 1. The largest absolute Gasteiger partial charge is 0.497 e. The van der Waals surface area contributed by atoms with Gasteiger partial charge in [0.25, 0.3) is 5.91 Å². The zero-order valence-corrected chi connectivity index (χ0v) is 19.9. The van der Waals surface area contributed by atoms with E-state index in [0.29, 0.717) is 18.7 Å². The van der Waals surface area contributed by atoms with Gasteiger partial charge >= 0.3 is 0 Å². The number of hydrogen-bond donors (Lipinski definition) is 0. The highest BCUT2D eigenvalue weighted by Crippen LogP contribution is 2.28. The summed E-state index contributed by atoms with van der Waals surface area (Å²) in [6, 6.07) is 27.9. The van der Waals surface area contributed by atoms with Crippen LogP contribution in [0.1, 0.15) is 15.9 Å². The number of nitrogens with zero attached hydrogens (tertiary/aromatic N) is 3. The molecule has 1 amide bonds. The zero-order chi connectivity index (χ0) is 24.0. The highest BCUT2D eigenvalue weighted by molar-refractivity contribution is 6.07. The molecule has 0 spiro atoms. The van der Waals surface area contributed by atoms with Crippen molar-refractivity contribution in [2.24, 2.45) is 0 Å². The van der Waals surface area contributed by atoms with E-state index in [9.17, 15) is 4.79 Å². The smallest absolute Gasteiger partial charge is 0.254 e. The molecule has 1 fully saturated rings. The van der Waals surface area contributed by atoms with Crippen LogP contribution in [0.5, 0.6) is 5.75 Å². The maximum Gasteiger partial charge on any atom is 0.254 e. The number of fused-ring (bicyclic) bond motifs is 1. The molecular weight excluding hydrogens is 434 g/mol. The number of hydrogen-bond acceptors (Lipinski definition) is 4. The average molecular weight is 464 g/mol. The Balaban J connectivity index is 1.33. The Hall–Kier alpha value is -3.96. The van der Waals surface area contributed by atoms with E-state index in [1.54, 1.807) is 7.11 Å². The van der Waals surface area contributed by atoms with E-state index in [0.717, 1.165) is 47.5 Å². The summed E-state index contributed by atoms with van der Waals surface area (Å²) in [5.74, 6) is 0.829. The fourth-order valence-electron chi connectivity index (χ4n) is 4.49. The lowest BCUT2D eigenvalue weighted by atomic mass is 10.0. The van der Waals surface area contributed by atoms with Gasteiger partial charge in [-0.1, -0.05) is 72.8 Å². The number of carbonyl (C=O) groups is 1. The molecule has 5 nitrogen and oxygen atoms in total. The molecule has 176 valence electrons. The quantitative estimate of drug-likeness (QED) is 0.385. The molecule has 0 bridgehead atoms. The lowest BCUT2D eigenvalue weighted by molar-refractivity contribution is 0.0652. The highest BCUT2D eigenvalue weighted by Gasteiger charge is 2.24. The Bertz CT molecular complexity index is 1340. The second-order valence-electron chi connectivity index (χ2n) is 8.71. The summed E-state index contributed by atoms with van der Waals surface area (Å²) in [4.78, 5) is 22.9. The van der Waals surface area contributed by atoms with Crippen molar-refractivity contribution in [1.29, 1.82) is 0 Å². The van der Waals surface area contributed by atoms with Gasteiger partial charge in [-0.15, -0.1) is 0 Å². The van der Waals surface area contributed by atoms with E-state index >= 15 is 0 Å². The summed E-state index contributed by atoms with van der Waals surface area (Å²) in [5.41, 5.74) is 4.43. The van der Waals surface area contributed by atoms with Gasteiger partial charge in [0.1, 0.15) is 5.75 Å². The van der Waals surface area contributed by atoms with E-state index in [1.807, 2.05) is 77.7 Å². The SMILES string of the molecule is COc1cccc(-c2cc(C(=O)N3CCN(C/C=C/c4ccccc4)CC3)c3ccccc3n2)c1. The van der Waals surface area contributed by atoms with Crippen molar-refractivity contribution in [1.82, 2.24) is 14.8 Å². The van der Waals surface area contributed by atoms with Gasteiger partial charge in [0.15, 0.2) is 0 Å². The third kappa shape index (κ3) is 5.26. The molecule has 0 aliphatic carbocycles. The normalized spacial score (nSPS) is 14.5. The van der Waals surface area contributed by atoms with Gasteiger partial charge in [-0.25, -0.2) is 4.98 Å². The number of methoxy groups -OCH3 is 1. The Morgan fingerprint density at radius 1 is 0.914 bits per heavy atom. The van der Waals surface area contributed by atoms with E-state index < -0.39 is 0 Å². The Labute approximate surface area is 206 Å². The minimum absolute atomic E-state index is 0.0622. The number of rotatable bonds is 6. The number of para-hydroxylation sites is 1. The van der Waals surface area contributed by atoms with Crippen LogP contribution in [0.2, 0.25) is 0 Å². The van der Waals surface area contributed by atoms with Crippen LogP contribution in [0.4, 0.5) is 0 Å². The van der Waals surface area contributed by atoms with Crippen LogP contribution in [0.3, 0.4) is 0 Å². The van der Waals surface area contributed by atoms with Gasteiger partial charge in [0.05, 0.1) is 23.9 Å². The molecule has 0 unspecified atom stereocenters. The van der Waals surface area contributed by atoms with Crippen molar-refractivity contribution in [3.05, 3.63) is 102 Å². The van der Waals surface area contributed by atoms with Crippen LogP contribution in [0, 0.1) is 0 Å². The topological polar surface area (TPSA) is 45.7 Å². The summed E-state index contributed by atoms with van der Waals surface area (Å²) in [6.07, 6.45) is 4.35. The molecule has 0 saturated carbocycles. The van der Waals surface area contributed by atoms with Crippen LogP contribution < -0.4 is 4.74 Å². The van der Waals surface area contributed by atoms with Crippen molar-refractivity contribution in [2.45, 2.75) is 0 Å². The molecule has 0 N–H and O–H groups in total. The van der Waals surface area contributed by atoms with Crippen LogP contribution in [-0.2, 0) is 0 Å². The van der Waals surface area contributed by atoms with Gasteiger partial charge in [-0.05, 0) is 29.8 Å². The van der Waals surface area contributed by atoms with E-state index in [-0.39, 0.29) is 5.91 Å². The molecule has 5 rings (SSSR count). The Morgan fingerprint density at radius 2 is 1.69 bits per heavy atom. The Kier molecular flexibility index (Phi) is 6.87. The first-order valence-corrected chi connectivity index (χ1v) is 12.0. The van der Waals surface area contributed by atoms with Crippen molar-refractivity contribution < 1.29 is 9.53 Å². The number of aromatic nitrogens is 1. The molecule has 2 heterocycles. The molecule has 1 aliphatic rings. The second-order valence-corrected chi connectivity index (χ2v) is 8.71. The summed E-state index contributed by atoms with van der Waals surface area (Å²) in [7, 11) is 1.65. The van der Waals surface area contributed by atoms with Gasteiger partial charge in [-0.2, -0.15) is 0 Å². The van der Waals surface area contributed by atoms with Crippen molar-refractivity contribution >= 4 is 22.9 Å². The van der Waals surface area contributed by atoms with E-state index in [2.05, 4.69) is 29.2 Å². The third-order valence-corrected chi connectivity index (χ3v) is 6.45. The molecule has 1 aromatic heterocycles. The summed E-state index contributed by atoms with van der Waals surface area (Å²) < 4.78 is 5.39. The number of amides is 1. The van der Waals surface area contributed by atoms with Crippen molar-refractivity contribution in [3.63, 3.8) is 0 Å². The van der Waals surface area contributed by atoms with E-state index in [4.69, 9.17) is 9.72 Å². The first-order chi connectivity index (χ1) is 17.2. The fourth-order valence-corrected chi connectivity index (χ4v) is 4.49. The van der Waals surface area contributed by atoms with Gasteiger partial charge in [-0.3, -0.25) is 9.69 Å². The van der Waals surface area contributed by atoms with Gasteiger partial charge in [0, 0.05) is 43.7 Å². The standard InChI is InChI=1S/C30H29N3O2/c1-35-25-13-7-12-24(21-25)29-22-27(26-14-5-6-15-28(26)31-29)30(34)33-19-17-32(18-20-33)16-8-11-23-9-3-2-4-10-23/h2-15,21-22H,16-20H2,1H3/b11-8+. The monoisotopic (exact) mass is 463 g/mol. The molecular formula is C30H29N3O2. The maximum atomic E-state index is 13.7. The lowest BCUT2D eigenvalue weighted by Gasteiger charge is -2.34. The zero-order valence-electron chi connectivity index (χ0n) is 19.9. The van der Waals surface area contributed by atoms with Crippen LogP contribution in [0.15, 0.2) is 91.0 Å². The molecule has 3 aromatic carbocycles. The third-order valence-electron chi connectivity index (χ3n) is 6.45. The molecule has 35 heavy (non-hydrogen) atoms. The summed E-state index contributed by atoms with van der Waals surface area (Å²) in [6.45, 7) is 4.02. The second kappa shape index (κ2) is 10.5. The fraction of sp³-hybridized carbons (Fsp3) is 0.200. The summed E-state index contributed by atoms with van der Waals surface area (Å²) >= 11 is 0. The average Bonchev–Trinajstić information content (AvgIpc) is 2.93. The number of carbonyl (C=O) groups excluding carboxylic acids is 1. The summed E-state index contributed by atoms with van der Waals surface area (Å²) in [5, 5.41) is 0.886. The molecule has 1 aliphatic heterocycles. The van der Waals surface area contributed by atoms with Crippen LogP contribution in [-0.4, -0.2) is 60.5 Å². The molecule has 4 aromatic rings. The first-order valence-electron chi connectivity index (χ1n) is 12.0. The number of pyridine rings is 1. The molecule has 5 heteroatoms.